The van der Waals surface area contributed by atoms with Crippen LogP contribution < -0.4 is 5.46 Å². The summed E-state index contributed by atoms with van der Waals surface area (Å²) in [6, 6.07) is 11.9. The Balaban J connectivity index is 2.15. The molecule has 0 heterocycles. The molecule has 2 aromatic rings. The van der Waals surface area contributed by atoms with Crippen LogP contribution in [0.1, 0.15) is 15.9 Å². The molecule has 0 aliphatic carbocycles. The second-order valence-corrected chi connectivity index (χ2v) is 4.25. The number of rotatable bonds is 4. The molecule has 0 aliphatic rings. The smallest absolute Gasteiger partial charge is 0.423 e. The molecule has 0 aliphatic heterocycles. The minimum absolute atomic E-state index is 0.256. The summed E-state index contributed by atoms with van der Waals surface area (Å²) >= 11 is 0. The highest BCUT2D eigenvalue weighted by Gasteiger charge is 2.12. The number of hydrogen-bond acceptors (Lipinski definition) is 3. The maximum absolute atomic E-state index is 12.7. The van der Waals surface area contributed by atoms with E-state index in [-0.39, 0.29) is 17.1 Å². The Morgan fingerprint density at radius 2 is 1.80 bits per heavy atom. The number of allylic oxidation sites excluding steroid dienone is 1. The molecule has 20 heavy (non-hydrogen) atoms. The first-order valence-corrected chi connectivity index (χ1v) is 6.00. The van der Waals surface area contributed by atoms with Gasteiger partial charge in [0.2, 0.25) is 0 Å². The van der Waals surface area contributed by atoms with Crippen molar-refractivity contribution in [3.8, 4) is 0 Å². The Labute approximate surface area is 116 Å². The van der Waals surface area contributed by atoms with Crippen LogP contribution in [0, 0.1) is 5.82 Å². The van der Waals surface area contributed by atoms with E-state index in [1.54, 1.807) is 30.3 Å². The minimum Gasteiger partial charge on any atom is -0.423 e. The highest BCUT2D eigenvalue weighted by atomic mass is 19.1. The Hall–Kier alpha value is -2.24. The highest BCUT2D eigenvalue weighted by molar-refractivity contribution is 6.58. The first kappa shape index (κ1) is 14.2. The summed E-state index contributed by atoms with van der Waals surface area (Å²) < 4.78 is 12.7. The zero-order valence-corrected chi connectivity index (χ0v) is 10.5. The van der Waals surface area contributed by atoms with Crippen LogP contribution in [0.15, 0.2) is 54.6 Å². The third-order valence-corrected chi connectivity index (χ3v) is 2.77. The molecule has 100 valence electrons. The normalized spacial score (nSPS) is 10.8. The lowest BCUT2D eigenvalue weighted by Crippen LogP contribution is -2.30. The van der Waals surface area contributed by atoms with Gasteiger partial charge in [-0.25, -0.2) is 4.39 Å². The molecular weight excluding hydrogens is 258 g/mol. The summed E-state index contributed by atoms with van der Waals surface area (Å²) in [7, 11) is -1.61. The SMILES string of the molecule is O=C(/C=C\c1ccc(F)cc1)c1cccc(B(O)O)c1. The molecule has 0 bridgehead atoms. The molecule has 0 aromatic heterocycles. The maximum atomic E-state index is 12.7. The van der Waals surface area contributed by atoms with Crippen LogP contribution >= 0.6 is 0 Å². The molecule has 2 rings (SSSR count). The van der Waals surface area contributed by atoms with Crippen molar-refractivity contribution in [2.45, 2.75) is 0 Å². The first-order valence-electron chi connectivity index (χ1n) is 6.00. The number of halogens is 1. The number of benzene rings is 2. The van der Waals surface area contributed by atoms with Crippen molar-refractivity contribution in [1.29, 1.82) is 0 Å². The van der Waals surface area contributed by atoms with Gasteiger partial charge in [-0.1, -0.05) is 42.5 Å². The van der Waals surface area contributed by atoms with E-state index in [2.05, 4.69) is 0 Å². The standard InChI is InChI=1S/C15H12BFO3/c17-14-7-4-11(5-8-14)6-9-15(18)12-2-1-3-13(10-12)16(19)20/h1-10,19-20H/b9-6-. The van der Waals surface area contributed by atoms with E-state index in [9.17, 15) is 9.18 Å². The van der Waals surface area contributed by atoms with Gasteiger partial charge >= 0.3 is 7.12 Å². The number of ketones is 1. The molecule has 0 atom stereocenters. The van der Waals surface area contributed by atoms with E-state index in [1.807, 2.05) is 0 Å². The molecule has 0 fully saturated rings. The Bertz CT molecular complexity index is 636. The predicted octanol–water partition coefficient (Wildman–Crippen LogP) is 1.40. The van der Waals surface area contributed by atoms with Crippen molar-refractivity contribution >= 4 is 24.4 Å². The predicted molar refractivity (Wildman–Crippen MR) is 76.0 cm³/mol. The van der Waals surface area contributed by atoms with Crippen molar-refractivity contribution in [2.24, 2.45) is 0 Å². The van der Waals surface area contributed by atoms with E-state index in [0.717, 1.165) is 0 Å². The molecule has 2 aromatic carbocycles. The van der Waals surface area contributed by atoms with Crippen molar-refractivity contribution in [3.63, 3.8) is 0 Å². The van der Waals surface area contributed by atoms with E-state index in [1.165, 1.54) is 30.3 Å². The third kappa shape index (κ3) is 3.63. The molecule has 5 heteroatoms. The molecule has 0 saturated heterocycles. The van der Waals surface area contributed by atoms with Crippen LogP contribution in [-0.4, -0.2) is 22.9 Å². The van der Waals surface area contributed by atoms with Gasteiger partial charge in [0, 0.05) is 5.56 Å². The Kier molecular flexibility index (Phi) is 4.45. The molecule has 2 N–H and O–H groups in total. The molecule has 0 unspecified atom stereocenters. The lowest BCUT2D eigenvalue weighted by Gasteiger charge is -2.01. The van der Waals surface area contributed by atoms with Crippen LogP contribution in [0.4, 0.5) is 4.39 Å². The zero-order chi connectivity index (χ0) is 14.5. The largest absolute Gasteiger partial charge is 0.488 e. The molecule has 0 radical (unpaired) electrons. The van der Waals surface area contributed by atoms with E-state index in [4.69, 9.17) is 10.0 Å². The second kappa shape index (κ2) is 6.28. The number of carbonyl (C=O) groups excluding carboxylic acids is 1. The van der Waals surface area contributed by atoms with Crippen molar-refractivity contribution in [2.75, 3.05) is 0 Å². The molecule has 0 amide bonds. The van der Waals surface area contributed by atoms with Crippen molar-refractivity contribution < 1.29 is 19.2 Å². The molecule has 3 nitrogen and oxygen atoms in total. The van der Waals surface area contributed by atoms with Crippen LogP contribution in [0.3, 0.4) is 0 Å². The summed E-state index contributed by atoms with van der Waals surface area (Å²) in [5.41, 5.74) is 1.32. The fourth-order valence-electron chi connectivity index (χ4n) is 1.69. The fourth-order valence-corrected chi connectivity index (χ4v) is 1.69. The van der Waals surface area contributed by atoms with Gasteiger partial charge in [-0.3, -0.25) is 4.79 Å². The molecule has 0 saturated carbocycles. The van der Waals surface area contributed by atoms with Gasteiger partial charge in [0.1, 0.15) is 5.82 Å². The summed E-state index contributed by atoms with van der Waals surface area (Å²) in [6.07, 6.45) is 2.93. The third-order valence-electron chi connectivity index (χ3n) is 2.77. The summed E-state index contributed by atoms with van der Waals surface area (Å²) in [5.74, 6) is -0.602. The number of carbonyl (C=O) groups is 1. The van der Waals surface area contributed by atoms with Gasteiger partial charge in [-0.15, -0.1) is 0 Å². The number of hydrogen-bond donors (Lipinski definition) is 2. The minimum atomic E-state index is -1.61. The van der Waals surface area contributed by atoms with Crippen molar-refractivity contribution in [1.82, 2.24) is 0 Å². The van der Waals surface area contributed by atoms with Gasteiger partial charge in [0.15, 0.2) is 5.78 Å². The van der Waals surface area contributed by atoms with Crippen LogP contribution in [0.25, 0.3) is 6.08 Å². The van der Waals surface area contributed by atoms with Gasteiger partial charge in [-0.2, -0.15) is 0 Å². The van der Waals surface area contributed by atoms with Gasteiger partial charge in [0.25, 0.3) is 0 Å². The van der Waals surface area contributed by atoms with E-state index in [0.29, 0.717) is 11.1 Å². The topological polar surface area (TPSA) is 57.5 Å². The molecule has 0 spiro atoms. The van der Waals surface area contributed by atoms with E-state index < -0.39 is 7.12 Å². The average Bonchev–Trinajstić information content (AvgIpc) is 2.46. The van der Waals surface area contributed by atoms with E-state index >= 15 is 0 Å². The van der Waals surface area contributed by atoms with Crippen LogP contribution in [0.5, 0.6) is 0 Å². The van der Waals surface area contributed by atoms with Gasteiger partial charge < -0.3 is 10.0 Å². The Morgan fingerprint density at radius 3 is 2.45 bits per heavy atom. The molecular formula is C15H12BFO3. The lowest BCUT2D eigenvalue weighted by molar-refractivity contribution is 0.104. The van der Waals surface area contributed by atoms with Gasteiger partial charge in [-0.05, 0) is 29.2 Å². The second-order valence-electron chi connectivity index (χ2n) is 4.25. The van der Waals surface area contributed by atoms with Crippen LogP contribution in [-0.2, 0) is 0 Å². The zero-order valence-electron chi connectivity index (χ0n) is 10.5. The lowest BCUT2D eigenvalue weighted by atomic mass is 9.79. The summed E-state index contributed by atoms with van der Waals surface area (Å²) in [6.45, 7) is 0. The highest BCUT2D eigenvalue weighted by Crippen LogP contribution is 2.07. The maximum Gasteiger partial charge on any atom is 0.488 e. The van der Waals surface area contributed by atoms with Crippen LogP contribution in [0.2, 0.25) is 0 Å². The monoisotopic (exact) mass is 270 g/mol. The summed E-state index contributed by atoms with van der Waals surface area (Å²) in [4.78, 5) is 11.9. The van der Waals surface area contributed by atoms with Crippen molar-refractivity contribution in [3.05, 3.63) is 71.6 Å². The Morgan fingerprint density at radius 1 is 1.10 bits per heavy atom. The quantitative estimate of drug-likeness (QED) is 0.501. The first-order chi connectivity index (χ1) is 9.56. The average molecular weight is 270 g/mol. The van der Waals surface area contributed by atoms with Gasteiger partial charge in [0.05, 0.1) is 0 Å². The summed E-state index contributed by atoms with van der Waals surface area (Å²) in [5, 5.41) is 18.1. The fraction of sp³-hybridized carbons (Fsp3) is 0.